The van der Waals surface area contributed by atoms with E-state index < -0.39 is 0 Å². The van der Waals surface area contributed by atoms with Crippen LogP contribution in [-0.2, 0) is 6.54 Å². The van der Waals surface area contributed by atoms with Gasteiger partial charge >= 0.3 is 0 Å². The van der Waals surface area contributed by atoms with Crippen molar-refractivity contribution in [2.24, 2.45) is 17.6 Å². The van der Waals surface area contributed by atoms with E-state index in [9.17, 15) is 0 Å². The van der Waals surface area contributed by atoms with Crippen molar-refractivity contribution < 1.29 is 0 Å². The highest BCUT2D eigenvalue weighted by Crippen LogP contribution is 2.27. The van der Waals surface area contributed by atoms with Crippen LogP contribution < -0.4 is 5.73 Å². The second-order valence-corrected chi connectivity index (χ2v) is 6.84. The molecule has 0 bridgehead atoms. The SMILES string of the molecule is CC(C)C(CN)c1cncn1CC1CCSCC1. The quantitative estimate of drug-likeness (QED) is 0.892. The molecule has 102 valence electrons. The van der Waals surface area contributed by atoms with Crippen LogP contribution in [0.1, 0.15) is 38.3 Å². The van der Waals surface area contributed by atoms with Gasteiger partial charge in [-0.3, -0.25) is 0 Å². The summed E-state index contributed by atoms with van der Waals surface area (Å²) in [6.07, 6.45) is 6.69. The van der Waals surface area contributed by atoms with Crippen LogP contribution >= 0.6 is 11.8 Å². The van der Waals surface area contributed by atoms with Crippen molar-refractivity contribution in [1.29, 1.82) is 0 Å². The number of thioether (sulfide) groups is 1. The standard InChI is InChI=1S/C14H25N3S/c1-11(2)13(7-15)14-8-16-10-17(14)9-12-3-5-18-6-4-12/h8,10-13H,3-7,9,15H2,1-2H3. The summed E-state index contributed by atoms with van der Waals surface area (Å²) in [5.41, 5.74) is 7.25. The van der Waals surface area contributed by atoms with Crippen molar-refractivity contribution in [2.75, 3.05) is 18.1 Å². The lowest BCUT2D eigenvalue weighted by Crippen LogP contribution is -2.23. The Hall–Kier alpha value is -0.480. The van der Waals surface area contributed by atoms with E-state index in [0.717, 1.165) is 12.5 Å². The van der Waals surface area contributed by atoms with Crippen molar-refractivity contribution in [1.82, 2.24) is 9.55 Å². The highest BCUT2D eigenvalue weighted by Gasteiger charge is 2.20. The largest absolute Gasteiger partial charge is 0.334 e. The average Bonchev–Trinajstić information content (AvgIpc) is 2.79. The molecule has 18 heavy (non-hydrogen) atoms. The molecule has 4 heteroatoms. The van der Waals surface area contributed by atoms with E-state index in [1.165, 1.54) is 30.0 Å². The van der Waals surface area contributed by atoms with Gasteiger partial charge in [-0.05, 0) is 36.2 Å². The van der Waals surface area contributed by atoms with Crippen LogP contribution in [0.25, 0.3) is 0 Å². The summed E-state index contributed by atoms with van der Waals surface area (Å²) in [5, 5.41) is 0. The van der Waals surface area contributed by atoms with Gasteiger partial charge in [-0.25, -0.2) is 4.98 Å². The monoisotopic (exact) mass is 267 g/mol. The Morgan fingerprint density at radius 2 is 2.17 bits per heavy atom. The number of hydrogen-bond acceptors (Lipinski definition) is 3. The lowest BCUT2D eigenvalue weighted by atomic mass is 9.92. The summed E-state index contributed by atoms with van der Waals surface area (Å²) < 4.78 is 2.35. The molecule has 1 unspecified atom stereocenters. The molecule has 0 radical (unpaired) electrons. The van der Waals surface area contributed by atoms with Crippen LogP contribution in [0.4, 0.5) is 0 Å². The zero-order chi connectivity index (χ0) is 13.0. The van der Waals surface area contributed by atoms with Gasteiger partial charge in [0.15, 0.2) is 0 Å². The van der Waals surface area contributed by atoms with Gasteiger partial charge in [0.1, 0.15) is 0 Å². The molecule has 0 saturated carbocycles. The lowest BCUT2D eigenvalue weighted by molar-refractivity contribution is 0.391. The summed E-state index contributed by atoms with van der Waals surface area (Å²) in [5.74, 6) is 4.47. The minimum Gasteiger partial charge on any atom is -0.334 e. The van der Waals surface area contributed by atoms with Crippen molar-refractivity contribution in [3.8, 4) is 0 Å². The molecular weight excluding hydrogens is 242 g/mol. The number of imidazole rings is 1. The van der Waals surface area contributed by atoms with Crippen molar-refractivity contribution in [3.63, 3.8) is 0 Å². The van der Waals surface area contributed by atoms with Crippen LogP contribution in [0, 0.1) is 11.8 Å². The molecule has 2 rings (SSSR count). The van der Waals surface area contributed by atoms with Gasteiger partial charge in [-0.2, -0.15) is 11.8 Å². The molecule has 3 nitrogen and oxygen atoms in total. The second-order valence-electron chi connectivity index (χ2n) is 5.61. The van der Waals surface area contributed by atoms with Crippen LogP contribution in [-0.4, -0.2) is 27.6 Å². The number of aromatic nitrogens is 2. The number of rotatable bonds is 5. The molecule has 1 atom stereocenters. The molecule has 0 amide bonds. The van der Waals surface area contributed by atoms with E-state index >= 15 is 0 Å². The third-order valence-electron chi connectivity index (χ3n) is 3.98. The first-order chi connectivity index (χ1) is 8.72. The second kappa shape index (κ2) is 6.62. The molecule has 0 aliphatic carbocycles. The van der Waals surface area contributed by atoms with E-state index in [2.05, 4.69) is 35.2 Å². The Morgan fingerprint density at radius 3 is 2.78 bits per heavy atom. The van der Waals surface area contributed by atoms with Crippen LogP contribution in [0.3, 0.4) is 0 Å². The molecule has 0 spiro atoms. The maximum absolute atomic E-state index is 5.92. The van der Waals surface area contributed by atoms with Crippen molar-refractivity contribution in [3.05, 3.63) is 18.2 Å². The molecule has 1 fully saturated rings. The Labute approximate surface area is 115 Å². The Morgan fingerprint density at radius 1 is 1.44 bits per heavy atom. The van der Waals surface area contributed by atoms with Gasteiger partial charge in [-0.15, -0.1) is 0 Å². The molecule has 0 aromatic carbocycles. The molecule has 1 aliphatic rings. The molecular formula is C14H25N3S. The lowest BCUT2D eigenvalue weighted by Gasteiger charge is -2.25. The van der Waals surface area contributed by atoms with E-state index in [1.54, 1.807) is 0 Å². The Balaban J connectivity index is 2.06. The van der Waals surface area contributed by atoms with E-state index in [-0.39, 0.29) is 0 Å². The third-order valence-corrected chi connectivity index (χ3v) is 5.03. The first-order valence-corrected chi connectivity index (χ1v) is 8.15. The van der Waals surface area contributed by atoms with Crippen LogP contribution in [0.15, 0.2) is 12.5 Å². The summed E-state index contributed by atoms with van der Waals surface area (Å²) in [6, 6.07) is 0. The number of hydrogen-bond donors (Lipinski definition) is 1. The zero-order valence-corrected chi connectivity index (χ0v) is 12.3. The molecule has 1 aromatic rings. The van der Waals surface area contributed by atoms with Gasteiger partial charge in [0, 0.05) is 30.9 Å². The highest BCUT2D eigenvalue weighted by atomic mass is 32.2. The maximum atomic E-state index is 5.92. The summed E-state index contributed by atoms with van der Waals surface area (Å²) >= 11 is 2.09. The fourth-order valence-corrected chi connectivity index (χ4v) is 3.94. The zero-order valence-electron chi connectivity index (χ0n) is 11.5. The Kier molecular flexibility index (Phi) is 5.13. The fraction of sp³-hybridized carbons (Fsp3) is 0.786. The third kappa shape index (κ3) is 3.29. The predicted octanol–water partition coefficient (Wildman–Crippen LogP) is 2.72. The fourth-order valence-electron chi connectivity index (χ4n) is 2.73. The summed E-state index contributed by atoms with van der Waals surface area (Å²) in [7, 11) is 0. The minimum atomic E-state index is 0.436. The van der Waals surface area contributed by atoms with Crippen LogP contribution in [0.5, 0.6) is 0 Å². The normalized spacial score (nSPS) is 19.3. The Bertz CT molecular complexity index is 356. The summed E-state index contributed by atoms with van der Waals surface area (Å²) in [6.45, 7) is 6.32. The first-order valence-electron chi connectivity index (χ1n) is 7.00. The summed E-state index contributed by atoms with van der Waals surface area (Å²) in [4.78, 5) is 4.34. The van der Waals surface area contributed by atoms with Gasteiger partial charge in [0.2, 0.25) is 0 Å². The van der Waals surface area contributed by atoms with Crippen molar-refractivity contribution >= 4 is 11.8 Å². The van der Waals surface area contributed by atoms with Gasteiger partial charge in [-0.1, -0.05) is 13.8 Å². The molecule has 1 saturated heterocycles. The smallest absolute Gasteiger partial charge is 0.0948 e. The topological polar surface area (TPSA) is 43.8 Å². The molecule has 2 N–H and O–H groups in total. The van der Waals surface area contributed by atoms with Crippen LogP contribution in [0.2, 0.25) is 0 Å². The number of nitrogens with two attached hydrogens (primary N) is 1. The number of nitrogens with zero attached hydrogens (tertiary/aromatic N) is 2. The van der Waals surface area contributed by atoms with E-state index in [1.807, 2.05) is 12.5 Å². The van der Waals surface area contributed by atoms with E-state index in [0.29, 0.717) is 18.4 Å². The van der Waals surface area contributed by atoms with Gasteiger partial charge < -0.3 is 10.3 Å². The van der Waals surface area contributed by atoms with Gasteiger partial charge in [0.25, 0.3) is 0 Å². The maximum Gasteiger partial charge on any atom is 0.0948 e. The molecule has 2 heterocycles. The minimum absolute atomic E-state index is 0.436. The predicted molar refractivity (Wildman–Crippen MR) is 78.9 cm³/mol. The highest BCUT2D eigenvalue weighted by molar-refractivity contribution is 7.99. The van der Waals surface area contributed by atoms with E-state index in [4.69, 9.17) is 5.73 Å². The van der Waals surface area contributed by atoms with Crippen molar-refractivity contribution in [2.45, 2.75) is 39.2 Å². The molecule has 1 aliphatic heterocycles. The molecule has 1 aromatic heterocycles. The van der Waals surface area contributed by atoms with Gasteiger partial charge in [0.05, 0.1) is 6.33 Å². The average molecular weight is 267 g/mol. The first kappa shape index (κ1) is 13.9.